The van der Waals surface area contributed by atoms with Gasteiger partial charge in [0.2, 0.25) is 5.90 Å². The third-order valence-corrected chi connectivity index (χ3v) is 3.97. The maximum atomic E-state index is 6.23. The third kappa shape index (κ3) is 5.23. The van der Waals surface area contributed by atoms with Crippen LogP contribution in [-0.2, 0) is 15.9 Å². The Kier molecular flexibility index (Phi) is 7.57. The van der Waals surface area contributed by atoms with Crippen molar-refractivity contribution >= 4 is 34.8 Å². The highest BCUT2D eigenvalue weighted by Crippen LogP contribution is 2.33. The van der Waals surface area contributed by atoms with Crippen LogP contribution in [0.25, 0.3) is 0 Å². The van der Waals surface area contributed by atoms with Crippen LogP contribution < -0.4 is 0 Å². The number of hydrogen-bond donors (Lipinski definition) is 0. The highest BCUT2D eigenvalue weighted by atomic mass is 35.5. The van der Waals surface area contributed by atoms with E-state index in [-0.39, 0.29) is 6.10 Å². The van der Waals surface area contributed by atoms with Crippen molar-refractivity contribution in [1.29, 1.82) is 0 Å². The molecule has 0 aliphatic heterocycles. The summed E-state index contributed by atoms with van der Waals surface area (Å²) in [5, 5.41) is 0.962. The van der Waals surface area contributed by atoms with Crippen molar-refractivity contribution in [1.82, 2.24) is 0 Å². The number of ether oxygens (including phenoxy) is 2. The van der Waals surface area contributed by atoms with Gasteiger partial charge in [-0.15, -0.1) is 0 Å². The minimum absolute atomic E-state index is 0.301. The summed E-state index contributed by atoms with van der Waals surface area (Å²) in [7, 11) is 0. The molecule has 0 fully saturated rings. The van der Waals surface area contributed by atoms with Gasteiger partial charge in [-0.1, -0.05) is 59.6 Å². The predicted octanol–water partition coefficient (Wildman–Crippen LogP) is 5.71. The summed E-state index contributed by atoms with van der Waals surface area (Å²) in [6, 6.07) is 15.4. The van der Waals surface area contributed by atoms with Gasteiger partial charge in [-0.2, -0.15) is 0 Å². The molecule has 128 valence electrons. The molecule has 0 spiro atoms. The zero-order valence-electron chi connectivity index (χ0n) is 13.8. The van der Waals surface area contributed by atoms with E-state index in [2.05, 4.69) is 17.1 Å². The summed E-state index contributed by atoms with van der Waals surface area (Å²) < 4.78 is 11.6. The number of halogens is 2. The van der Waals surface area contributed by atoms with Crippen LogP contribution in [0.2, 0.25) is 10.0 Å². The molecule has 0 bridgehead atoms. The Balaban J connectivity index is 2.35. The number of hydrogen-bond acceptors (Lipinski definition) is 3. The van der Waals surface area contributed by atoms with Crippen LogP contribution in [-0.4, -0.2) is 25.2 Å². The lowest BCUT2D eigenvalue weighted by Gasteiger charge is -2.20. The molecule has 0 N–H and O–H groups in total. The average Bonchev–Trinajstić information content (AvgIpc) is 2.58. The van der Waals surface area contributed by atoms with Crippen LogP contribution in [0.4, 0.5) is 5.69 Å². The lowest BCUT2D eigenvalue weighted by Crippen LogP contribution is -2.29. The second kappa shape index (κ2) is 9.67. The Morgan fingerprint density at radius 3 is 2.21 bits per heavy atom. The molecule has 0 aliphatic carbocycles. The first kappa shape index (κ1) is 18.8. The largest absolute Gasteiger partial charge is 0.479 e. The van der Waals surface area contributed by atoms with Crippen LogP contribution in [0, 0.1) is 0 Å². The normalized spacial score (nSPS) is 12.9. The summed E-state index contributed by atoms with van der Waals surface area (Å²) in [4.78, 5) is 4.57. The number of benzene rings is 2. The molecule has 24 heavy (non-hydrogen) atoms. The van der Waals surface area contributed by atoms with Crippen molar-refractivity contribution in [2.45, 2.75) is 26.4 Å². The van der Waals surface area contributed by atoms with E-state index in [1.807, 2.05) is 32.0 Å². The SMILES string of the molecule is CCOC(=Nc1c(Cl)cccc1Cl)C(Cc1ccccc1)OCC. The van der Waals surface area contributed by atoms with Crippen molar-refractivity contribution in [3.8, 4) is 0 Å². The summed E-state index contributed by atoms with van der Waals surface area (Å²) >= 11 is 12.5. The minimum Gasteiger partial charge on any atom is -0.479 e. The van der Waals surface area contributed by atoms with Gasteiger partial charge in [0.25, 0.3) is 0 Å². The zero-order chi connectivity index (χ0) is 17.4. The van der Waals surface area contributed by atoms with Crippen LogP contribution in [0.1, 0.15) is 19.4 Å². The Hall–Kier alpha value is -1.55. The quantitative estimate of drug-likeness (QED) is 0.464. The smallest absolute Gasteiger partial charge is 0.218 e. The molecule has 1 atom stereocenters. The molecule has 2 aromatic rings. The van der Waals surface area contributed by atoms with Gasteiger partial charge in [0.15, 0.2) is 0 Å². The zero-order valence-corrected chi connectivity index (χ0v) is 15.3. The maximum Gasteiger partial charge on any atom is 0.218 e. The summed E-state index contributed by atoms with van der Waals surface area (Å²) in [5.74, 6) is 0.484. The van der Waals surface area contributed by atoms with Crippen molar-refractivity contribution < 1.29 is 9.47 Å². The van der Waals surface area contributed by atoms with E-state index in [1.165, 1.54) is 0 Å². The lowest BCUT2D eigenvalue weighted by molar-refractivity contribution is 0.0888. The molecule has 0 saturated carbocycles. The minimum atomic E-state index is -0.301. The van der Waals surface area contributed by atoms with E-state index in [4.69, 9.17) is 32.7 Å². The fourth-order valence-corrected chi connectivity index (χ4v) is 2.78. The first-order valence-corrected chi connectivity index (χ1v) is 8.72. The van der Waals surface area contributed by atoms with E-state index in [1.54, 1.807) is 18.2 Å². The summed E-state index contributed by atoms with van der Waals surface area (Å²) in [5.41, 5.74) is 1.65. The van der Waals surface area contributed by atoms with E-state index < -0.39 is 0 Å². The van der Waals surface area contributed by atoms with Gasteiger partial charge >= 0.3 is 0 Å². The van der Waals surface area contributed by atoms with Crippen LogP contribution in [0.15, 0.2) is 53.5 Å². The molecule has 0 radical (unpaired) electrons. The Labute approximate surface area is 153 Å². The number of nitrogens with zero attached hydrogens (tertiary/aromatic N) is 1. The van der Waals surface area contributed by atoms with Gasteiger partial charge in [-0.05, 0) is 31.5 Å². The molecular weight excluding hydrogens is 345 g/mol. The number of aliphatic imine (C=N–C) groups is 1. The van der Waals surface area contributed by atoms with Gasteiger partial charge in [-0.25, -0.2) is 4.99 Å². The van der Waals surface area contributed by atoms with Crippen molar-refractivity contribution in [3.63, 3.8) is 0 Å². The molecule has 3 nitrogen and oxygen atoms in total. The molecule has 5 heteroatoms. The van der Waals surface area contributed by atoms with Crippen molar-refractivity contribution in [2.24, 2.45) is 4.99 Å². The molecule has 2 rings (SSSR count). The summed E-state index contributed by atoms with van der Waals surface area (Å²) in [6.45, 7) is 4.90. The van der Waals surface area contributed by atoms with Crippen LogP contribution in [0.3, 0.4) is 0 Å². The third-order valence-electron chi connectivity index (χ3n) is 3.36. The van der Waals surface area contributed by atoms with Gasteiger partial charge in [0.05, 0.1) is 16.7 Å². The standard InChI is InChI=1S/C19H21Cl2NO2/c1-3-23-17(13-14-9-6-5-7-10-14)19(24-4-2)22-18-15(20)11-8-12-16(18)21/h5-12,17H,3-4,13H2,1-2H3. The van der Waals surface area contributed by atoms with E-state index >= 15 is 0 Å². The predicted molar refractivity (Wildman–Crippen MR) is 101 cm³/mol. The molecule has 0 heterocycles. The molecule has 0 aliphatic rings. The van der Waals surface area contributed by atoms with Crippen LogP contribution >= 0.6 is 23.2 Å². The highest BCUT2D eigenvalue weighted by molar-refractivity contribution is 6.38. The first-order chi connectivity index (χ1) is 11.7. The number of para-hydroxylation sites is 1. The molecule has 0 aromatic heterocycles. The fraction of sp³-hybridized carbons (Fsp3) is 0.316. The fourth-order valence-electron chi connectivity index (χ4n) is 2.30. The molecule has 2 aromatic carbocycles. The summed E-state index contributed by atoms with van der Waals surface area (Å²) in [6.07, 6.45) is 0.361. The molecule has 1 unspecified atom stereocenters. The average molecular weight is 366 g/mol. The highest BCUT2D eigenvalue weighted by Gasteiger charge is 2.20. The van der Waals surface area contributed by atoms with Gasteiger partial charge in [-0.3, -0.25) is 0 Å². The van der Waals surface area contributed by atoms with Crippen molar-refractivity contribution in [2.75, 3.05) is 13.2 Å². The lowest BCUT2D eigenvalue weighted by atomic mass is 10.1. The van der Waals surface area contributed by atoms with E-state index in [9.17, 15) is 0 Å². The first-order valence-electron chi connectivity index (χ1n) is 7.96. The van der Waals surface area contributed by atoms with E-state index in [0.29, 0.717) is 41.3 Å². The Morgan fingerprint density at radius 2 is 1.62 bits per heavy atom. The van der Waals surface area contributed by atoms with Crippen LogP contribution in [0.5, 0.6) is 0 Å². The van der Waals surface area contributed by atoms with Gasteiger partial charge < -0.3 is 9.47 Å². The molecule has 0 saturated heterocycles. The number of rotatable bonds is 7. The Morgan fingerprint density at radius 1 is 0.958 bits per heavy atom. The van der Waals surface area contributed by atoms with Gasteiger partial charge in [0.1, 0.15) is 11.8 Å². The van der Waals surface area contributed by atoms with E-state index in [0.717, 1.165) is 5.56 Å². The second-order valence-corrected chi connectivity index (χ2v) is 5.90. The second-order valence-electron chi connectivity index (χ2n) is 5.09. The monoisotopic (exact) mass is 365 g/mol. The molecule has 0 amide bonds. The topological polar surface area (TPSA) is 30.8 Å². The molecular formula is C19H21Cl2NO2. The maximum absolute atomic E-state index is 6.23. The van der Waals surface area contributed by atoms with Crippen molar-refractivity contribution in [3.05, 3.63) is 64.1 Å². The van der Waals surface area contributed by atoms with Gasteiger partial charge in [0, 0.05) is 13.0 Å². The Bertz CT molecular complexity index is 654.